The lowest BCUT2D eigenvalue weighted by atomic mass is 9.72. The molecule has 0 atom stereocenters. The second-order valence-corrected chi connectivity index (χ2v) is 5.69. The zero-order valence-corrected chi connectivity index (χ0v) is 10.7. The fourth-order valence-corrected chi connectivity index (χ4v) is 3.51. The summed E-state index contributed by atoms with van der Waals surface area (Å²) in [4.78, 5) is 26.0. The molecule has 2 saturated heterocycles. The molecule has 2 heterocycles. The molecule has 2 aliphatic heterocycles. The third kappa shape index (κ3) is 1.88. The van der Waals surface area contributed by atoms with Crippen LogP contribution in [-0.2, 0) is 9.59 Å². The molecule has 0 aromatic rings. The van der Waals surface area contributed by atoms with Crippen molar-refractivity contribution in [2.75, 3.05) is 19.6 Å². The number of hydrogen-bond donors (Lipinski definition) is 1. The number of amides is 1. The number of allylic oxidation sites excluding steroid dienone is 2. The molecule has 3 rings (SSSR count). The molecular formula is C14H20N2O2. The number of nitrogens with zero attached hydrogens (tertiary/aromatic N) is 1. The summed E-state index contributed by atoms with van der Waals surface area (Å²) in [6.45, 7) is 2.68. The van der Waals surface area contributed by atoms with Gasteiger partial charge in [0, 0.05) is 24.7 Å². The van der Waals surface area contributed by atoms with E-state index < -0.39 is 0 Å². The van der Waals surface area contributed by atoms with Crippen LogP contribution in [0.3, 0.4) is 0 Å². The Kier molecular flexibility index (Phi) is 2.98. The molecule has 1 spiro atoms. The molecule has 0 aromatic heterocycles. The zero-order chi connectivity index (χ0) is 12.6. The average molecular weight is 248 g/mol. The summed E-state index contributed by atoms with van der Waals surface area (Å²) < 4.78 is 0. The van der Waals surface area contributed by atoms with Crippen molar-refractivity contribution < 1.29 is 9.59 Å². The van der Waals surface area contributed by atoms with E-state index >= 15 is 0 Å². The van der Waals surface area contributed by atoms with Gasteiger partial charge in [0.15, 0.2) is 5.78 Å². The van der Waals surface area contributed by atoms with E-state index in [1.54, 1.807) is 6.08 Å². The van der Waals surface area contributed by atoms with E-state index in [0.29, 0.717) is 6.42 Å². The van der Waals surface area contributed by atoms with Crippen molar-refractivity contribution in [3.8, 4) is 0 Å². The molecule has 0 aromatic carbocycles. The number of rotatable bonds is 1. The molecular weight excluding hydrogens is 228 g/mol. The van der Waals surface area contributed by atoms with E-state index in [0.717, 1.165) is 57.4 Å². The first kappa shape index (κ1) is 11.9. The Bertz CT molecular complexity index is 403. The van der Waals surface area contributed by atoms with Gasteiger partial charge in [-0.25, -0.2) is 0 Å². The van der Waals surface area contributed by atoms with E-state index in [2.05, 4.69) is 5.32 Å². The number of piperidine rings is 2. The lowest BCUT2D eigenvalue weighted by Crippen LogP contribution is -2.52. The summed E-state index contributed by atoms with van der Waals surface area (Å²) in [6, 6.07) is 0. The Balaban J connectivity index is 1.82. The molecule has 1 amide bonds. The van der Waals surface area contributed by atoms with Crippen LogP contribution in [0.15, 0.2) is 11.8 Å². The third-order valence-corrected chi connectivity index (χ3v) is 4.60. The fourth-order valence-electron chi connectivity index (χ4n) is 3.51. The maximum Gasteiger partial charge on any atom is 0.233 e. The highest BCUT2D eigenvalue weighted by molar-refractivity contribution is 5.95. The smallest absolute Gasteiger partial charge is 0.233 e. The van der Waals surface area contributed by atoms with Crippen LogP contribution in [0.5, 0.6) is 0 Å². The second-order valence-electron chi connectivity index (χ2n) is 5.69. The third-order valence-electron chi connectivity index (χ3n) is 4.60. The second kappa shape index (κ2) is 4.50. The minimum atomic E-state index is -0.143. The molecule has 0 bridgehead atoms. The van der Waals surface area contributed by atoms with Crippen LogP contribution in [0.25, 0.3) is 0 Å². The number of nitrogens with one attached hydrogen (secondary N) is 1. The highest BCUT2D eigenvalue weighted by atomic mass is 16.2. The Labute approximate surface area is 107 Å². The van der Waals surface area contributed by atoms with E-state index in [9.17, 15) is 9.59 Å². The van der Waals surface area contributed by atoms with Crippen molar-refractivity contribution >= 4 is 11.7 Å². The quantitative estimate of drug-likeness (QED) is 0.759. The predicted molar refractivity (Wildman–Crippen MR) is 67.8 cm³/mol. The molecule has 1 N–H and O–H groups in total. The van der Waals surface area contributed by atoms with Crippen molar-refractivity contribution in [2.45, 2.75) is 38.5 Å². The van der Waals surface area contributed by atoms with Gasteiger partial charge in [-0.15, -0.1) is 0 Å². The van der Waals surface area contributed by atoms with E-state index in [-0.39, 0.29) is 17.1 Å². The molecule has 18 heavy (non-hydrogen) atoms. The molecule has 3 aliphatic rings. The lowest BCUT2D eigenvalue weighted by molar-refractivity contribution is -0.146. The number of carbonyl (C=O) groups is 2. The standard InChI is InChI=1S/C14H20N2O2/c17-12-3-2-11(10-12)16-9-1-4-14(13(16)18)5-7-15-8-6-14/h10,15H,1-9H2. The van der Waals surface area contributed by atoms with Gasteiger partial charge in [0.1, 0.15) is 0 Å². The highest BCUT2D eigenvalue weighted by Gasteiger charge is 2.45. The maximum absolute atomic E-state index is 12.7. The molecule has 4 heteroatoms. The van der Waals surface area contributed by atoms with Gasteiger partial charge in [-0.3, -0.25) is 9.59 Å². The SMILES string of the molecule is O=C1C=C(N2CCCC3(CCNCC3)C2=O)CC1. The highest BCUT2D eigenvalue weighted by Crippen LogP contribution is 2.41. The van der Waals surface area contributed by atoms with E-state index in [1.165, 1.54) is 0 Å². The number of ketones is 1. The summed E-state index contributed by atoms with van der Waals surface area (Å²) in [5.41, 5.74) is 0.818. The Hall–Kier alpha value is -1.16. The monoisotopic (exact) mass is 248 g/mol. The topological polar surface area (TPSA) is 49.4 Å². The largest absolute Gasteiger partial charge is 0.317 e. The van der Waals surface area contributed by atoms with Gasteiger partial charge >= 0.3 is 0 Å². The van der Waals surface area contributed by atoms with Crippen LogP contribution in [-0.4, -0.2) is 36.2 Å². The van der Waals surface area contributed by atoms with Crippen LogP contribution in [0, 0.1) is 5.41 Å². The minimum Gasteiger partial charge on any atom is -0.317 e. The fraction of sp³-hybridized carbons (Fsp3) is 0.714. The molecule has 0 unspecified atom stereocenters. The molecule has 0 saturated carbocycles. The molecule has 1 aliphatic carbocycles. The van der Waals surface area contributed by atoms with Gasteiger partial charge < -0.3 is 10.2 Å². The number of hydrogen-bond acceptors (Lipinski definition) is 3. The Morgan fingerprint density at radius 2 is 1.89 bits per heavy atom. The van der Waals surface area contributed by atoms with Crippen LogP contribution in [0.4, 0.5) is 0 Å². The molecule has 4 nitrogen and oxygen atoms in total. The predicted octanol–water partition coefficient (Wildman–Crippen LogP) is 1.23. The van der Waals surface area contributed by atoms with Gasteiger partial charge in [0.05, 0.1) is 5.41 Å². The first-order valence-electron chi connectivity index (χ1n) is 6.97. The van der Waals surface area contributed by atoms with Crippen LogP contribution >= 0.6 is 0 Å². The van der Waals surface area contributed by atoms with E-state index in [4.69, 9.17) is 0 Å². The summed E-state index contributed by atoms with van der Waals surface area (Å²) in [5, 5.41) is 3.33. The van der Waals surface area contributed by atoms with Crippen molar-refractivity contribution in [3.05, 3.63) is 11.8 Å². The van der Waals surface area contributed by atoms with E-state index in [1.807, 2.05) is 4.90 Å². The van der Waals surface area contributed by atoms with Crippen LogP contribution in [0.1, 0.15) is 38.5 Å². The number of carbonyl (C=O) groups excluding carboxylic acids is 2. The van der Waals surface area contributed by atoms with Gasteiger partial charge in [0.2, 0.25) is 5.91 Å². The molecule has 2 fully saturated rings. The minimum absolute atomic E-state index is 0.143. The summed E-state index contributed by atoms with van der Waals surface area (Å²) in [5.74, 6) is 0.443. The van der Waals surface area contributed by atoms with Gasteiger partial charge in [0.25, 0.3) is 0 Å². The van der Waals surface area contributed by atoms with Crippen molar-refractivity contribution in [2.24, 2.45) is 5.41 Å². The Morgan fingerprint density at radius 1 is 1.11 bits per heavy atom. The maximum atomic E-state index is 12.7. The van der Waals surface area contributed by atoms with Crippen molar-refractivity contribution in [1.29, 1.82) is 0 Å². The first-order chi connectivity index (χ1) is 8.71. The van der Waals surface area contributed by atoms with Crippen molar-refractivity contribution in [3.63, 3.8) is 0 Å². The zero-order valence-electron chi connectivity index (χ0n) is 10.7. The van der Waals surface area contributed by atoms with Gasteiger partial charge in [-0.2, -0.15) is 0 Å². The average Bonchev–Trinajstić information content (AvgIpc) is 2.81. The normalized spacial score (nSPS) is 27.8. The Morgan fingerprint density at radius 3 is 2.56 bits per heavy atom. The van der Waals surface area contributed by atoms with Gasteiger partial charge in [-0.1, -0.05) is 0 Å². The number of likely N-dealkylation sites (tertiary alicyclic amines) is 1. The molecule has 98 valence electrons. The molecule has 0 radical (unpaired) electrons. The summed E-state index contributed by atoms with van der Waals surface area (Å²) in [7, 11) is 0. The summed E-state index contributed by atoms with van der Waals surface area (Å²) >= 11 is 0. The van der Waals surface area contributed by atoms with Crippen LogP contribution in [0.2, 0.25) is 0 Å². The summed E-state index contributed by atoms with van der Waals surface area (Å²) in [6.07, 6.45) is 6.99. The van der Waals surface area contributed by atoms with Crippen LogP contribution < -0.4 is 5.32 Å². The van der Waals surface area contributed by atoms with Gasteiger partial charge in [-0.05, 0) is 45.2 Å². The first-order valence-corrected chi connectivity index (χ1v) is 6.97. The van der Waals surface area contributed by atoms with Crippen molar-refractivity contribution in [1.82, 2.24) is 10.2 Å². The lowest BCUT2D eigenvalue weighted by Gasteiger charge is -2.44.